The van der Waals surface area contributed by atoms with Crippen LogP contribution in [0.5, 0.6) is 0 Å². The number of benzene rings is 3. The molecule has 2 heteroatoms. The minimum atomic E-state index is -0.628. The Kier molecular flexibility index (Phi) is 3.47. The predicted molar refractivity (Wildman–Crippen MR) is 84.2 cm³/mol. The maximum absolute atomic E-state index is 10.6. The fraction of sp³-hybridized carbons (Fsp3) is 0.111. The van der Waals surface area contributed by atoms with E-state index in [0.29, 0.717) is 5.02 Å². The van der Waals surface area contributed by atoms with Crippen LogP contribution >= 0.6 is 11.6 Å². The molecule has 3 aromatic rings. The van der Waals surface area contributed by atoms with Crippen molar-refractivity contribution < 1.29 is 5.11 Å². The highest BCUT2D eigenvalue weighted by molar-refractivity contribution is 6.30. The van der Waals surface area contributed by atoms with Gasteiger partial charge in [-0.05, 0) is 52.6 Å². The summed E-state index contributed by atoms with van der Waals surface area (Å²) in [5.74, 6) is 0. The molecular weight excluding hydrogens is 268 g/mol. The molecule has 100 valence electrons. The van der Waals surface area contributed by atoms with Crippen LogP contribution in [0.2, 0.25) is 5.02 Å². The van der Waals surface area contributed by atoms with Gasteiger partial charge in [0.2, 0.25) is 0 Å². The molecule has 20 heavy (non-hydrogen) atoms. The number of hydrogen-bond acceptors (Lipinski definition) is 1. The first-order valence-electron chi connectivity index (χ1n) is 6.58. The van der Waals surface area contributed by atoms with Crippen molar-refractivity contribution in [2.45, 2.75) is 13.0 Å². The van der Waals surface area contributed by atoms with Gasteiger partial charge in [0, 0.05) is 5.02 Å². The van der Waals surface area contributed by atoms with Gasteiger partial charge in [-0.2, -0.15) is 0 Å². The van der Waals surface area contributed by atoms with Crippen molar-refractivity contribution in [3.8, 4) is 0 Å². The van der Waals surface area contributed by atoms with Gasteiger partial charge < -0.3 is 5.11 Å². The Hall–Kier alpha value is -1.83. The Morgan fingerprint density at radius 1 is 0.900 bits per heavy atom. The maximum atomic E-state index is 10.6. The minimum Gasteiger partial charge on any atom is -0.384 e. The molecule has 0 bridgehead atoms. The average molecular weight is 283 g/mol. The number of rotatable bonds is 2. The molecule has 0 aliphatic rings. The molecule has 0 saturated heterocycles. The lowest BCUT2D eigenvalue weighted by Gasteiger charge is -2.15. The molecule has 1 N–H and O–H groups in total. The summed E-state index contributed by atoms with van der Waals surface area (Å²) in [6.07, 6.45) is -0.628. The van der Waals surface area contributed by atoms with E-state index in [4.69, 9.17) is 11.6 Å². The van der Waals surface area contributed by atoms with Crippen LogP contribution in [-0.4, -0.2) is 5.11 Å². The minimum absolute atomic E-state index is 0.628. The molecule has 1 nitrogen and oxygen atoms in total. The van der Waals surface area contributed by atoms with Gasteiger partial charge in [-0.25, -0.2) is 0 Å². The van der Waals surface area contributed by atoms with Crippen LogP contribution in [0.3, 0.4) is 0 Å². The molecule has 1 atom stereocenters. The Labute approximate surface area is 123 Å². The molecule has 3 rings (SSSR count). The smallest absolute Gasteiger partial charge is 0.104 e. The molecule has 3 aromatic carbocycles. The molecule has 0 aromatic heterocycles. The van der Waals surface area contributed by atoms with E-state index in [1.54, 1.807) is 0 Å². The van der Waals surface area contributed by atoms with Crippen molar-refractivity contribution in [2.24, 2.45) is 0 Å². The third-order valence-corrected chi connectivity index (χ3v) is 3.85. The van der Waals surface area contributed by atoms with Crippen LogP contribution in [0.1, 0.15) is 22.8 Å². The van der Waals surface area contributed by atoms with Crippen LogP contribution in [0.25, 0.3) is 10.8 Å². The lowest BCUT2D eigenvalue weighted by molar-refractivity contribution is 0.219. The van der Waals surface area contributed by atoms with E-state index < -0.39 is 6.10 Å². The molecule has 0 aliphatic carbocycles. The highest BCUT2D eigenvalue weighted by atomic mass is 35.5. The largest absolute Gasteiger partial charge is 0.384 e. The number of hydrogen-bond donors (Lipinski definition) is 1. The van der Waals surface area contributed by atoms with Gasteiger partial charge in [-0.3, -0.25) is 0 Å². The molecule has 0 spiro atoms. The first-order valence-corrected chi connectivity index (χ1v) is 6.96. The monoisotopic (exact) mass is 282 g/mol. The Balaban J connectivity index is 2.05. The summed E-state index contributed by atoms with van der Waals surface area (Å²) >= 11 is 5.96. The van der Waals surface area contributed by atoms with Gasteiger partial charge in [0.15, 0.2) is 0 Å². The van der Waals surface area contributed by atoms with Crippen LogP contribution in [0.15, 0.2) is 60.7 Å². The molecule has 0 radical (unpaired) electrons. The first-order chi connectivity index (χ1) is 9.65. The first kappa shape index (κ1) is 13.2. The molecule has 1 unspecified atom stereocenters. The molecule has 0 fully saturated rings. The van der Waals surface area contributed by atoms with E-state index >= 15 is 0 Å². The van der Waals surface area contributed by atoms with E-state index in [0.717, 1.165) is 22.1 Å². The lowest BCUT2D eigenvalue weighted by atomic mass is 9.96. The summed E-state index contributed by atoms with van der Waals surface area (Å²) in [5, 5.41) is 13.6. The summed E-state index contributed by atoms with van der Waals surface area (Å²) in [6.45, 7) is 1.96. The second kappa shape index (κ2) is 5.28. The zero-order valence-corrected chi connectivity index (χ0v) is 11.9. The van der Waals surface area contributed by atoms with Crippen molar-refractivity contribution in [3.63, 3.8) is 0 Å². The molecule has 0 amide bonds. The van der Waals surface area contributed by atoms with Crippen LogP contribution in [0.4, 0.5) is 0 Å². The number of aliphatic hydroxyl groups is 1. The highest BCUT2D eigenvalue weighted by Crippen LogP contribution is 2.28. The molecule has 0 aliphatic heterocycles. The SMILES string of the molecule is Cc1cc(Cl)ccc1C(O)c1ccc2ccccc2c1. The molecule has 0 heterocycles. The van der Waals surface area contributed by atoms with E-state index in [2.05, 4.69) is 12.1 Å². The van der Waals surface area contributed by atoms with Crippen molar-refractivity contribution in [3.05, 3.63) is 82.4 Å². The summed E-state index contributed by atoms with van der Waals surface area (Å²) in [7, 11) is 0. The van der Waals surface area contributed by atoms with Gasteiger partial charge in [0.05, 0.1) is 0 Å². The number of aliphatic hydroxyl groups excluding tert-OH is 1. The summed E-state index contributed by atoms with van der Waals surface area (Å²) in [5.41, 5.74) is 2.79. The van der Waals surface area contributed by atoms with Crippen LogP contribution < -0.4 is 0 Å². The zero-order valence-electron chi connectivity index (χ0n) is 11.2. The number of fused-ring (bicyclic) bond motifs is 1. The molecular formula is C18H15ClO. The Morgan fingerprint density at radius 3 is 2.40 bits per heavy atom. The molecule has 0 saturated carbocycles. The van der Waals surface area contributed by atoms with E-state index in [9.17, 15) is 5.11 Å². The topological polar surface area (TPSA) is 20.2 Å². The van der Waals surface area contributed by atoms with Crippen LogP contribution in [0, 0.1) is 6.92 Å². The number of aryl methyl sites for hydroxylation is 1. The average Bonchev–Trinajstić information content (AvgIpc) is 2.46. The van der Waals surface area contributed by atoms with E-state index in [1.807, 2.05) is 55.5 Å². The van der Waals surface area contributed by atoms with Gasteiger partial charge in [0.1, 0.15) is 6.10 Å². The van der Waals surface area contributed by atoms with Gasteiger partial charge in [-0.1, -0.05) is 54.1 Å². The highest BCUT2D eigenvalue weighted by Gasteiger charge is 2.13. The van der Waals surface area contributed by atoms with Crippen LogP contribution in [-0.2, 0) is 0 Å². The predicted octanol–water partition coefficient (Wildman–Crippen LogP) is 4.88. The lowest BCUT2D eigenvalue weighted by Crippen LogP contribution is -2.01. The van der Waals surface area contributed by atoms with Gasteiger partial charge >= 0.3 is 0 Å². The van der Waals surface area contributed by atoms with Crippen molar-refractivity contribution in [1.82, 2.24) is 0 Å². The zero-order chi connectivity index (χ0) is 14.1. The van der Waals surface area contributed by atoms with Crippen molar-refractivity contribution >= 4 is 22.4 Å². The summed E-state index contributed by atoms with van der Waals surface area (Å²) < 4.78 is 0. The third kappa shape index (κ3) is 2.43. The fourth-order valence-electron chi connectivity index (χ4n) is 2.50. The second-order valence-electron chi connectivity index (χ2n) is 5.01. The fourth-order valence-corrected chi connectivity index (χ4v) is 2.73. The maximum Gasteiger partial charge on any atom is 0.104 e. The Bertz CT molecular complexity index is 764. The summed E-state index contributed by atoms with van der Waals surface area (Å²) in [4.78, 5) is 0. The van der Waals surface area contributed by atoms with E-state index in [1.165, 1.54) is 5.39 Å². The van der Waals surface area contributed by atoms with Gasteiger partial charge in [-0.15, -0.1) is 0 Å². The van der Waals surface area contributed by atoms with Crippen molar-refractivity contribution in [2.75, 3.05) is 0 Å². The third-order valence-electron chi connectivity index (χ3n) is 3.62. The van der Waals surface area contributed by atoms with Crippen molar-refractivity contribution in [1.29, 1.82) is 0 Å². The van der Waals surface area contributed by atoms with E-state index in [-0.39, 0.29) is 0 Å². The standard InChI is InChI=1S/C18H15ClO/c1-12-10-16(19)8-9-17(12)18(20)15-7-6-13-4-2-3-5-14(13)11-15/h2-11,18,20H,1H3. The van der Waals surface area contributed by atoms with Gasteiger partial charge in [0.25, 0.3) is 0 Å². The normalized spacial score (nSPS) is 12.6. The quantitative estimate of drug-likeness (QED) is 0.710. The summed E-state index contributed by atoms with van der Waals surface area (Å²) in [6, 6.07) is 19.8. The number of halogens is 1. The Morgan fingerprint density at radius 2 is 1.65 bits per heavy atom. The second-order valence-corrected chi connectivity index (χ2v) is 5.45.